The summed E-state index contributed by atoms with van der Waals surface area (Å²) in [6.07, 6.45) is -4.72. The van der Waals surface area contributed by atoms with E-state index in [1.165, 1.54) is 40.7 Å². The van der Waals surface area contributed by atoms with E-state index in [1.807, 2.05) is 0 Å². The first kappa shape index (κ1) is 34.8. The van der Waals surface area contributed by atoms with E-state index in [4.69, 9.17) is 23.7 Å². The van der Waals surface area contributed by atoms with Crippen molar-refractivity contribution in [1.29, 1.82) is 0 Å². The summed E-state index contributed by atoms with van der Waals surface area (Å²) in [6.45, 7) is 13.3. The molecule has 0 spiro atoms. The average molecular weight is 571 g/mol. The fraction of sp³-hybridized carbons (Fsp3) is 0.679. The van der Waals surface area contributed by atoms with Gasteiger partial charge in [-0.1, -0.05) is 19.6 Å². The molecule has 0 saturated carbocycles. The molecule has 12 nitrogen and oxygen atoms in total. The smallest absolute Gasteiger partial charge is 0.313 e. The van der Waals surface area contributed by atoms with Gasteiger partial charge in [-0.15, -0.1) is 0 Å². The maximum Gasteiger partial charge on any atom is 0.313 e. The lowest BCUT2D eigenvalue weighted by Gasteiger charge is -2.36. The topological polar surface area (TPSA) is 172 Å². The number of ether oxygens (including phenoxy) is 5. The molecule has 226 valence electrons. The lowest BCUT2D eigenvalue weighted by molar-refractivity contribution is -0.163. The van der Waals surface area contributed by atoms with E-state index >= 15 is 0 Å². The first-order valence-corrected chi connectivity index (χ1v) is 13.1. The van der Waals surface area contributed by atoms with Crippen molar-refractivity contribution in [2.24, 2.45) is 17.8 Å². The van der Waals surface area contributed by atoms with Gasteiger partial charge in [0.25, 0.3) is 0 Å². The average Bonchev–Trinajstić information content (AvgIpc) is 2.84. The molecule has 1 aliphatic carbocycles. The van der Waals surface area contributed by atoms with E-state index in [0.717, 1.165) is 6.92 Å². The summed E-state index contributed by atoms with van der Waals surface area (Å²) in [6, 6.07) is 0. The SMILES string of the molecule is C=C1[C@H](OC(=O)[C@H](C)[C@H](C)OC(C)=O)C[C@@H]([C@H](C)COC(C)=O)[C@H](O)/C=C(\COC(C)=O)C[C@H](O)[C@H]1OC(C)=O. The fourth-order valence-electron chi connectivity index (χ4n) is 4.28. The molecule has 0 amide bonds. The van der Waals surface area contributed by atoms with Gasteiger partial charge < -0.3 is 33.9 Å². The Morgan fingerprint density at radius 1 is 0.925 bits per heavy atom. The van der Waals surface area contributed by atoms with Crippen LogP contribution >= 0.6 is 0 Å². The Morgan fingerprint density at radius 2 is 1.52 bits per heavy atom. The van der Waals surface area contributed by atoms with Crippen molar-refractivity contribution in [2.75, 3.05) is 13.2 Å². The van der Waals surface area contributed by atoms with Gasteiger partial charge in [0.15, 0.2) is 6.10 Å². The largest absolute Gasteiger partial charge is 0.466 e. The van der Waals surface area contributed by atoms with Crippen LogP contribution in [-0.2, 0) is 47.7 Å². The number of esters is 5. The summed E-state index contributed by atoms with van der Waals surface area (Å²) in [5, 5.41) is 22.3. The number of aliphatic hydroxyl groups excluding tert-OH is 2. The molecule has 0 heterocycles. The molecule has 0 bridgehead atoms. The third kappa shape index (κ3) is 11.5. The second-order valence-corrected chi connectivity index (χ2v) is 10.2. The van der Waals surface area contributed by atoms with Crippen molar-refractivity contribution in [3.05, 3.63) is 23.8 Å². The van der Waals surface area contributed by atoms with Gasteiger partial charge >= 0.3 is 29.8 Å². The normalized spacial score (nSPS) is 27.1. The standard InChI is InChI=1S/C28H42O12/c1-14(12-36-18(5)29)23-11-26(40-28(35)15(2)17(4)38-20(7)31)16(3)27(39-21(8)32)25(34)10-22(9-24(23)33)13-37-19(6)30/h9,14-15,17,23-27,33-34H,3,10-13H2,1-2,4-8H3/b22-9-/t14-,15-,17+,23+,24-,25+,26-,27+/m1/s1. The van der Waals surface area contributed by atoms with E-state index in [2.05, 4.69) is 6.58 Å². The van der Waals surface area contributed by atoms with Crippen LogP contribution in [0, 0.1) is 17.8 Å². The van der Waals surface area contributed by atoms with Crippen LogP contribution in [0.15, 0.2) is 23.8 Å². The van der Waals surface area contributed by atoms with Gasteiger partial charge in [0.05, 0.1) is 24.7 Å². The minimum absolute atomic E-state index is 0.0500. The van der Waals surface area contributed by atoms with Crippen molar-refractivity contribution in [3.63, 3.8) is 0 Å². The van der Waals surface area contributed by atoms with Gasteiger partial charge in [0.1, 0.15) is 18.8 Å². The third-order valence-corrected chi connectivity index (χ3v) is 6.65. The maximum absolute atomic E-state index is 13.1. The summed E-state index contributed by atoms with van der Waals surface area (Å²) >= 11 is 0. The Labute approximate surface area is 234 Å². The van der Waals surface area contributed by atoms with E-state index in [0.29, 0.717) is 5.57 Å². The molecule has 0 aromatic carbocycles. The number of hydrogen-bond donors (Lipinski definition) is 2. The predicted molar refractivity (Wildman–Crippen MR) is 140 cm³/mol. The second-order valence-electron chi connectivity index (χ2n) is 10.2. The van der Waals surface area contributed by atoms with E-state index < -0.39 is 78.1 Å². The summed E-state index contributed by atoms with van der Waals surface area (Å²) in [5.41, 5.74) is 0.401. The molecule has 0 aliphatic heterocycles. The van der Waals surface area contributed by atoms with Gasteiger partial charge in [-0.2, -0.15) is 0 Å². The first-order chi connectivity index (χ1) is 18.5. The lowest BCUT2D eigenvalue weighted by Crippen LogP contribution is -2.43. The molecule has 2 N–H and O–H groups in total. The Kier molecular flexibility index (Phi) is 14.0. The lowest BCUT2D eigenvalue weighted by atomic mass is 9.79. The van der Waals surface area contributed by atoms with Crippen molar-refractivity contribution < 1.29 is 57.9 Å². The molecule has 0 fully saturated rings. The van der Waals surface area contributed by atoms with E-state index in [9.17, 15) is 34.2 Å². The molecule has 1 rings (SSSR count). The van der Waals surface area contributed by atoms with Gasteiger partial charge in [0.2, 0.25) is 0 Å². The highest BCUT2D eigenvalue weighted by Crippen LogP contribution is 2.33. The molecule has 1 aliphatic rings. The summed E-state index contributed by atoms with van der Waals surface area (Å²) < 4.78 is 26.5. The minimum atomic E-state index is -1.39. The number of hydrogen-bond acceptors (Lipinski definition) is 12. The number of rotatable bonds is 10. The Hall–Kier alpha value is -3.25. The molecular weight excluding hydrogens is 528 g/mol. The molecule has 40 heavy (non-hydrogen) atoms. The highest BCUT2D eigenvalue weighted by atomic mass is 16.6. The summed E-state index contributed by atoms with van der Waals surface area (Å²) in [5.74, 6) is -5.20. The number of carbonyl (C=O) groups excluding carboxylic acids is 5. The molecule has 12 heteroatoms. The quantitative estimate of drug-likeness (QED) is 0.222. The third-order valence-electron chi connectivity index (χ3n) is 6.65. The molecular formula is C28H42O12. The molecule has 0 aromatic rings. The van der Waals surface area contributed by atoms with Crippen LogP contribution in [0.4, 0.5) is 0 Å². The number of carbonyl (C=O) groups is 5. The predicted octanol–water partition coefficient (Wildman–Crippen LogP) is 1.79. The van der Waals surface area contributed by atoms with Crippen LogP contribution in [0.25, 0.3) is 0 Å². The van der Waals surface area contributed by atoms with Crippen LogP contribution < -0.4 is 0 Å². The molecule has 0 radical (unpaired) electrons. The first-order valence-electron chi connectivity index (χ1n) is 13.1. The van der Waals surface area contributed by atoms with Gasteiger partial charge in [-0.25, -0.2) is 0 Å². The van der Waals surface area contributed by atoms with Crippen LogP contribution in [-0.4, -0.2) is 83.8 Å². The van der Waals surface area contributed by atoms with Crippen molar-refractivity contribution in [1.82, 2.24) is 0 Å². The van der Waals surface area contributed by atoms with Crippen LogP contribution in [0.2, 0.25) is 0 Å². The fourth-order valence-corrected chi connectivity index (χ4v) is 4.28. The molecule has 0 aromatic heterocycles. The Morgan fingerprint density at radius 3 is 2.05 bits per heavy atom. The van der Waals surface area contributed by atoms with Gasteiger partial charge in [0, 0.05) is 39.7 Å². The van der Waals surface area contributed by atoms with Crippen molar-refractivity contribution in [3.8, 4) is 0 Å². The highest BCUT2D eigenvalue weighted by molar-refractivity contribution is 5.74. The Balaban J connectivity index is 3.54. The van der Waals surface area contributed by atoms with Gasteiger partial charge in [-0.3, -0.25) is 24.0 Å². The van der Waals surface area contributed by atoms with Gasteiger partial charge in [-0.05, 0) is 37.7 Å². The zero-order valence-electron chi connectivity index (χ0n) is 24.2. The Bertz CT molecular complexity index is 970. The monoisotopic (exact) mass is 570 g/mol. The zero-order chi connectivity index (χ0) is 30.7. The maximum atomic E-state index is 13.1. The second kappa shape index (κ2) is 16.1. The van der Waals surface area contributed by atoms with Crippen LogP contribution in [0.1, 0.15) is 61.3 Å². The highest BCUT2D eigenvalue weighted by Gasteiger charge is 2.39. The number of aliphatic hydroxyl groups is 2. The van der Waals surface area contributed by atoms with Crippen molar-refractivity contribution in [2.45, 2.75) is 91.8 Å². The summed E-state index contributed by atoms with van der Waals surface area (Å²) in [4.78, 5) is 59.3. The van der Waals surface area contributed by atoms with Crippen LogP contribution in [0.3, 0.4) is 0 Å². The molecule has 0 unspecified atom stereocenters. The molecule has 8 atom stereocenters. The zero-order valence-corrected chi connectivity index (χ0v) is 24.2. The summed E-state index contributed by atoms with van der Waals surface area (Å²) in [7, 11) is 0. The van der Waals surface area contributed by atoms with Crippen LogP contribution in [0.5, 0.6) is 0 Å². The minimum Gasteiger partial charge on any atom is -0.466 e. The van der Waals surface area contributed by atoms with Crippen molar-refractivity contribution >= 4 is 29.8 Å². The van der Waals surface area contributed by atoms with E-state index in [1.54, 1.807) is 6.92 Å². The van der Waals surface area contributed by atoms with E-state index in [-0.39, 0.29) is 31.6 Å². The molecule has 0 saturated heterocycles.